The molecule has 1 heterocycles. The Kier molecular flexibility index (Phi) is 5.92. The summed E-state index contributed by atoms with van der Waals surface area (Å²) in [4.78, 5) is 36.0. The van der Waals surface area contributed by atoms with Gasteiger partial charge in [0.15, 0.2) is 5.78 Å². The molecule has 170 valence electrons. The van der Waals surface area contributed by atoms with Gasteiger partial charge in [-0.3, -0.25) is 4.79 Å². The number of Topliss-reactive ketones (excluding diaryl/α,β-unsaturated/α-hetero) is 1. The molecule has 6 heteroatoms. The van der Waals surface area contributed by atoms with Crippen LogP contribution in [0.1, 0.15) is 46.3 Å². The third-order valence-corrected chi connectivity index (χ3v) is 7.61. The van der Waals surface area contributed by atoms with Crippen LogP contribution < -0.4 is 0 Å². The Balaban J connectivity index is 1.74. The zero-order valence-electron chi connectivity index (χ0n) is 19.0. The number of carbonyl (C=O) groups is 2. The van der Waals surface area contributed by atoms with Crippen LogP contribution in [-0.2, 0) is 16.1 Å². The topological polar surface area (TPSA) is 68.1 Å². The Labute approximate surface area is 202 Å². The average molecular weight is 469 g/mol. The summed E-state index contributed by atoms with van der Waals surface area (Å²) in [6.07, 6.45) is 1.35. The van der Waals surface area contributed by atoms with Gasteiger partial charge in [0.05, 0.1) is 22.1 Å². The summed E-state index contributed by atoms with van der Waals surface area (Å²) in [5, 5.41) is 5.48. The smallest absolute Gasteiger partial charge is 0.318 e. The third kappa shape index (κ3) is 3.88. The highest BCUT2D eigenvalue weighted by Gasteiger charge is 2.59. The van der Waals surface area contributed by atoms with E-state index in [0.717, 1.165) is 34.4 Å². The number of oxime groups is 1. The maximum Gasteiger partial charge on any atom is 0.332 e. The van der Waals surface area contributed by atoms with Crippen molar-refractivity contribution in [1.29, 1.82) is 0 Å². The van der Waals surface area contributed by atoms with E-state index in [2.05, 4.69) is 5.16 Å². The fraction of sp³-hybridized carbons (Fsp3) is 0.214. The van der Waals surface area contributed by atoms with Crippen molar-refractivity contribution < 1.29 is 14.4 Å². The van der Waals surface area contributed by atoms with Gasteiger partial charge in [0.2, 0.25) is 0 Å². The Morgan fingerprint density at radius 3 is 2.44 bits per heavy atom. The number of benzene rings is 3. The molecule has 0 aromatic heterocycles. The van der Waals surface area contributed by atoms with Gasteiger partial charge >= 0.3 is 5.97 Å². The molecule has 2 atom stereocenters. The highest BCUT2D eigenvalue weighted by molar-refractivity contribution is 8.27. The molecule has 1 fully saturated rings. The normalized spacial score (nSPS) is 23.9. The molecule has 0 radical (unpaired) electrons. The van der Waals surface area contributed by atoms with Crippen molar-refractivity contribution in [2.75, 3.05) is 0 Å². The zero-order chi connectivity index (χ0) is 23.7. The molecule has 5 nitrogen and oxygen atoms in total. The zero-order valence-corrected chi connectivity index (χ0v) is 19.8. The Bertz CT molecular complexity index is 1310. The minimum absolute atomic E-state index is 0.0367. The van der Waals surface area contributed by atoms with Gasteiger partial charge in [-0.1, -0.05) is 89.2 Å². The largest absolute Gasteiger partial charge is 0.332 e. The van der Waals surface area contributed by atoms with Gasteiger partial charge in [0.1, 0.15) is 5.04 Å². The van der Waals surface area contributed by atoms with Crippen molar-refractivity contribution in [3.63, 3.8) is 0 Å². The highest BCUT2D eigenvalue weighted by atomic mass is 32.2. The number of hydrogen-bond acceptors (Lipinski definition) is 6. The number of rotatable bonds is 3. The van der Waals surface area contributed by atoms with Crippen molar-refractivity contribution in [2.24, 2.45) is 15.6 Å². The van der Waals surface area contributed by atoms with Crippen molar-refractivity contribution in [2.45, 2.75) is 32.6 Å². The van der Waals surface area contributed by atoms with E-state index < -0.39 is 17.3 Å². The van der Waals surface area contributed by atoms with Gasteiger partial charge in [-0.05, 0) is 43.0 Å². The van der Waals surface area contributed by atoms with Gasteiger partial charge in [-0.2, -0.15) is 0 Å². The number of thioether (sulfide) groups is 1. The van der Waals surface area contributed by atoms with Crippen LogP contribution in [0.15, 0.2) is 89.0 Å². The van der Waals surface area contributed by atoms with Crippen LogP contribution >= 0.6 is 11.8 Å². The lowest BCUT2D eigenvalue weighted by Gasteiger charge is -2.37. The lowest BCUT2D eigenvalue weighted by molar-refractivity contribution is -0.140. The first-order valence-electron chi connectivity index (χ1n) is 11.3. The summed E-state index contributed by atoms with van der Waals surface area (Å²) in [5.41, 5.74) is 3.71. The van der Waals surface area contributed by atoms with E-state index in [-0.39, 0.29) is 5.78 Å². The summed E-state index contributed by atoms with van der Waals surface area (Å²) in [6, 6.07) is 25.6. The Hall–Kier alpha value is -3.51. The van der Waals surface area contributed by atoms with Crippen LogP contribution in [0.5, 0.6) is 0 Å². The molecule has 5 rings (SSSR count). The molecule has 0 unspecified atom stereocenters. The van der Waals surface area contributed by atoms with Crippen LogP contribution in [0.25, 0.3) is 0 Å². The molecule has 3 aromatic rings. The van der Waals surface area contributed by atoms with E-state index in [0.29, 0.717) is 16.5 Å². The van der Waals surface area contributed by atoms with Gasteiger partial charge < -0.3 is 4.84 Å². The molecule has 1 aliphatic heterocycles. The van der Waals surface area contributed by atoms with Crippen LogP contribution in [-0.4, -0.2) is 21.8 Å². The van der Waals surface area contributed by atoms with Crippen LogP contribution in [0, 0.1) is 12.3 Å². The minimum Gasteiger partial charge on any atom is -0.318 e. The number of carbonyl (C=O) groups excluding carboxylic acids is 2. The molecule has 0 N–H and O–H groups in total. The maximum atomic E-state index is 14.3. The molecule has 2 aliphatic rings. The lowest BCUT2D eigenvalue weighted by Crippen LogP contribution is -2.44. The van der Waals surface area contributed by atoms with Crippen molar-refractivity contribution in [3.05, 3.63) is 101 Å². The molecule has 0 saturated carbocycles. The molecule has 0 amide bonds. The molecular formula is C28H24N2O3S. The lowest BCUT2D eigenvalue weighted by atomic mass is 9.62. The summed E-state index contributed by atoms with van der Waals surface area (Å²) in [5.74, 6) is -0.865. The first-order valence-corrected chi connectivity index (χ1v) is 12.1. The number of fused-ring (bicyclic) bond motifs is 1. The summed E-state index contributed by atoms with van der Waals surface area (Å²) >= 11 is 1.34. The summed E-state index contributed by atoms with van der Waals surface area (Å²) < 4.78 is 0. The van der Waals surface area contributed by atoms with E-state index in [1.807, 2.05) is 85.8 Å². The fourth-order valence-electron chi connectivity index (χ4n) is 4.82. The Morgan fingerprint density at radius 2 is 1.71 bits per heavy atom. The van der Waals surface area contributed by atoms with E-state index in [1.54, 1.807) is 0 Å². The van der Waals surface area contributed by atoms with Gasteiger partial charge in [0, 0.05) is 12.5 Å². The number of hydrogen-bond donors (Lipinski definition) is 0. The van der Waals surface area contributed by atoms with E-state index in [4.69, 9.17) is 9.83 Å². The third-order valence-electron chi connectivity index (χ3n) is 6.44. The SMILES string of the molecule is CC(=O)O/N=C1\SC(=Nc2ccc(C)cc2)[C@@]2(CCc3ccccc3C2=O)[C@@H]1c1ccccc1. The number of ketones is 1. The quantitative estimate of drug-likeness (QED) is 0.337. The number of nitrogens with zero attached hydrogens (tertiary/aromatic N) is 2. The number of aliphatic imine (C=N–C) groups is 1. The molecule has 1 spiro atoms. The molecular weight excluding hydrogens is 444 g/mol. The van der Waals surface area contributed by atoms with Crippen molar-refractivity contribution in [3.8, 4) is 0 Å². The predicted molar refractivity (Wildman–Crippen MR) is 136 cm³/mol. The van der Waals surface area contributed by atoms with Gasteiger partial charge in [0.25, 0.3) is 0 Å². The number of aryl methyl sites for hydroxylation is 2. The van der Waals surface area contributed by atoms with Crippen LogP contribution in [0.2, 0.25) is 0 Å². The minimum atomic E-state index is -0.926. The molecule has 34 heavy (non-hydrogen) atoms. The van der Waals surface area contributed by atoms with Gasteiger partial charge in [-0.25, -0.2) is 9.79 Å². The Morgan fingerprint density at radius 1 is 1.00 bits per heavy atom. The van der Waals surface area contributed by atoms with Crippen molar-refractivity contribution in [1.82, 2.24) is 0 Å². The average Bonchev–Trinajstić information content (AvgIpc) is 3.15. The molecule has 3 aromatic carbocycles. The predicted octanol–water partition coefficient (Wildman–Crippen LogP) is 6.25. The van der Waals surface area contributed by atoms with E-state index in [1.165, 1.54) is 18.7 Å². The fourth-order valence-corrected chi connectivity index (χ4v) is 6.19. The first kappa shape index (κ1) is 22.3. The molecule has 0 bridgehead atoms. The van der Waals surface area contributed by atoms with Crippen molar-refractivity contribution >= 4 is 39.3 Å². The summed E-state index contributed by atoms with van der Waals surface area (Å²) in [6.45, 7) is 3.35. The van der Waals surface area contributed by atoms with Crippen LogP contribution in [0.3, 0.4) is 0 Å². The molecule has 1 aliphatic carbocycles. The van der Waals surface area contributed by atoms with E-state index >= 15 is 0 Å². The monoisotopic (exact) mass is 468 g/mol. The second kappa shape index (κ2) is 9.03. The molecule has 1 saturated heterocycles. The second-order valence-electron chi connectivity index (χ2n) is 8.67. The van der Waals surface area contributed by atoms with Crippen LogP contribution in [0.4, 0.5) is 5.69 Å². The highest BCUT2D eigenvalue weighted by Crippen LogP contribution is 2.57. The maximum absolute atomic E-state index is 14.3. The standard InChI is InChI=1S/C28H24N2O3S/c1-18-12-14-22(15-13-18)29-27-28(17-16-20-8-6-7-11-23(20)25(28)32)24(21-9-4-3-5-10-21)26(34-27)30-33-19(2)31/h3-15,24H,16-17H2,1-2H3/b29-27?,30-26-/t24-,28+/m1/s1. The van der Waals surface area contributed by atoms with E-state index in [9.17, 15) is 9.59 Å². The van der Waals surface area contributed by atoms with Gasteiger partial charge in [-0.15, -0.1) is 0 Å². The first-order chi connectivity index (χ1) is 16.5. The second-order valence-corrected chi connectivity index (χ2v) is 9.68. The summed E-state index contributed by atoms with van der Waals surface area (Å²) in [7, 11) is 0.